The van der Waals surface area contributed by atoms with E-state index in [0.717, 1.165) is 11.3 Å². The molecule has 1 aromatic carbocycles. The Balaban J connectivity index is 2.83. The van der Waals surface area contributed by atoms with Crippen LogP contribution in [0.2, 0.25) is 0 Å². The molecule has 86 valence electrons. The molecule has 2 N–H and O–H groups in total. The zero-order valence-electron chi connectivity index (χ0n) is 9.99. The average Bonchev–Trinajstić information content (AvgIpc) is 2.25. The van der Waals surface area contributed by atoms with Gasteiger partial charge in [0.2, 0.25) is 0 Å². The lowest BCUT2D eigenvalue weighted by Crippen LogP contribution is -2.29. The maximum Gasteiger partial charge on any atom is 0.0994 e. The van der Waals surface area contributed by atoms with Gasteiger partial charge in [-0.3, -0.25) is 0 Å². The highest BCUT2D eigenvalue weighted by molar-refractivity contribution is 5.52. The van der Waals surface area contributed by atoms with Crippen LogP contribution in [0.5, 0.6) is 0 Å². The summed E-state index contributed by atoms with van der Waals surface area (Å²) in [7, 11) is 0. The highest BCUT2D eigenvalue weighted by Crippen LogP contribution is 2.17. The number of hydrogen-bond donors (Lipinski definition) is 2. The molecule has 0 heterocycles. The number of nitrogens with one attached hydrogen (secondary N) is 1. The van der Waals surface area contributed by atoms with Gasteiger partial charge in [-0.25, -0.2) is 0 Å². The van der Waals surface area contributed by atoms with Gasteiger partial charge >= 0.3 is 0 Å². The van der Waals surface area contributed by atoms with E-state index in [4.69, 9.17) is 5.26 Å². The van der Waals surface area contributed by atoms with E-state index in [0.29, 0.717) is 11.5 Å². The van der Waals surface area contributed by atoms with E-state index >= 15 is 0 Å². The SMILES string of the molecule is Cc1cc(N[C@H](CO)C(C)C)ccc1C#N. The molecule has 1 aromatic rings. The normalized spacial score (nSPS) is 12.2. The van der Waals surface area contributed by atoms with Gasteiger partial charge < -0.3 is 10.4 Å². The molecule has 0 aliphatic rings. The number of nitriles is 1. The molecule has 0 aromatic heterocycles. The predicted octanol–water partition coefficient (Wildman–Crippen LogP) is 2.30. The molecule has 0 saturated heterocycles. The summed E-state index contributed by atoms with van der Waals surface area (Å²) < 4.78 is 0. The molecule has 0 bridgehead atoms. The van der Waals surface area contributed by atoms with Crippen LogP contribution in [0, 0.1) is 24.2 Å². The molecule has 0 radical (unpaired) electrons. The van der Waals surface area contributed by atoms with Crippen molar-refractivity contribution in [3.05, 3.63) is 29.3 Å². The summed E-state index contributed by atoms with van der Waals surface area (Å²) in [5.74, 6) is 0.362. The number of aliphatic hydroxyl groups is 1. The molecule has 16 heavy (non-hydrogen) atoms. The lowest BCUT2D eigenvalue weighted by atomic mass is 10.0. The van der Waals surface area contributed by atoms with Crippen molar-refractivity contribution in [2.75, 3.05) is 11.9 Å². The molecule has 0 unspecified atom stereocenters. The van der Waals surface area contributed by atoms with Gasteiger partial charge in [0, 0.05) is 5.69 Å². The highest BCUT2D eigenvalue weighted by Gasteiger charge is 2.11. The second kappa shape index (κ2) is 5.53. The van der Waals surface area contributed by atoms with E-state index in [1.54, 1.807) is 6.07 Å². The summed E-state index contributed by atoms with van der Waals surface area (Å²) in [5.41, 5.74) is 2.59. The number of aryl methyl sites for hydroxylation is 1. The number of anilines is 1. The van der Waals surface area contributed by atoms with Gasteiger partial charge in [-0.2, -0.15) is 5.26 Å². The van der Waals surface area contributed by atoms with Crippen molar-refractivity contribution in [2.24, 2.45) is 5.92 Å². The smallest absolute Gasteiger partial charge is 0.0994 e. The summed E-state index contributed by atoms with van der Waals surface area (Å²) in [6, 6.07) is 7.79. The number of hydrogen-bond acceptors (Lipinski definition) is 3. The van der Waals surface area contributed by atoms with E-state index in [-0.39, 0.29) is 12.6 Å². The largest absolute Gasteiger partial charge is 0.394 e. The van der Waals surface area contributed by atoms with E-state index in [9.17, 15) is 5.11 Å². The summed E-state index contributed by atoms with van der Waals surface area (Å²) in [5, 5.41) is 21.3. The minimum atomic E-state index is 0.0485. The zero-order chi connectivity index (χ0) is 12.1. The van der Waals surface area contributed by atoms with E-state index in [2.05, 4.69) is 25.2 Å². The van der Waals surface area contributed by atoms with Gasteiger partial charge in [-0.05, 0) is 36.6 Å². The molecule has 1 atom stereocenters. The van der Waals surface area contributed by atoms with Crippen molar-refractivity contribution in [2.45, 2.75) is 26.8 Å². The number of benzene rings is 1. The van der Waals surface area contributed by atoms with E-state index < -0.39 is 0 Å². The third-order valence-corrected chi connectivity index (χ3v) is 2.70. The lowest BCUT2D eigenvalue weighted by Gasteiger charge is -2.21. The topological polar surface area (TPSA) is 56.0 Å². The van der Waals surface area contributed by atoms with Crippen molar-refractivity contribution in [3.63, 3.8) is 0 Å². The second-order valence-electron chi connectivity index (χ2n) is 4.32. The van der Waals surface area contributed by atoms with E-state index in [1.165, 1.54) is 0 Å². The van der Waals surface area contributed by atoms with Gasteiger partial charge in [-0.1, -0.05) is 13.8 Å². The third-order valence-electron chi connectivity index (χ3n) is 2.70. The Morgan fingerprint density at radius 3 is 2.56 bits per heavy atom. The van der Waals surface area contributed by atoms with Crippen LogP contribution < -0.4 is 5.32 Å². The quantitative estimate of drug-likeness (QED) is 0.815. The van der Waals surface area contributed by atoms with Crippen LogP contribution in [0.1, 0.15) is 25.0 Å². The second-order valence-corrected chi connectivity index (χ2v) is 4.32. The van der Waals surface area contributed by atoms with Crippen LogP contribution in [0.4, 0.5) is 5.69 Å². The van der Waals surface area contributed by atoms with Crippen molar-refractivity contribution >= 4 is 5.69 Å². The molecule has 1 rings (SSSR count). The molecule has 3 heteroatoms. The fourth-order valence-corrected chi connectivity index (χ4v) is 1.52. The molecule has 0 amide bonds. The maximum absolute atomic E-state index is 9.21. The standard InChI is InChI=1S/C13H18N2O/c1-9(2)13(8-16)15-12-5-4-11(7-14)10(3)6-12/h4-6,9,13,15-16H,8H2,1-3H3/t13-/m1/s1. The number of rotatable bonds is 4. The Bertz CT molecular complexity index is 393. The zero-order valence-corrected chi connectivity index (χ0v) is 9.99. The third kappa shape index (κ3) is 2.98. The summed E-state index contributed by atoms with van der Waals surface area (Å²) in [4.78, 5) is 0. The van der Waals surface area contributed by atoms with E-state index in [1.807, 2.05) is 19.1 Å². The Hall–Kier alpha value is -1.53. The molecule has 0 aliphatic carbocycles. The predicted molar refractivity (Wildman–Crippen MR) is 65.2 cm³/mol. The van der Waals surface area contributed by atoms with Crippen LogP contribution in [0.3, 0.4) is 0 Å². The first-order valence-corrected chi connectivity index (χ1v) is 5.46. The van der Waals surface area contributed by atoms with Crippen LogP contribution >= 0.6 is 0 Å². The molecule has 0 saturated carbocycles. The van der Waals surface area contributed by atoms with Crippen LogP contribution in [-0.2, 0) is 0 Å². The fourth-order valence-electron chi connectivity index (χ4n) is 1.52. The van der Waals surface area contributed by atoms with Gasteiger partial charge in [0.15, 0.2) is 0 Å². The minimum Gasteiger partial charge on any atom is -0.394 e. The molecular formula is C13H18N2O. The Kier molecular flexibility index (Phi) is 4.33. The first-order valence-electron chi connectivity index (χ1n) is 5.46. The van der Waals surface area contributed by atoms with Crippen molar-refractivity contribution < 1.29 is 5.11 Å². The molecule has 0 aliphatic heterocycles. The summed E-state index contributed by atoms with van der Waals surface area (Å²) >= 11 is 0. The van der Waals surface area contributed by atoms with Crippen LogP contribution in [-0.4, -0.2) is 17.8 Å². The van der Waals surface area contributed by atoms with Crippen molar-refractivity contribution in [1.29, 1.82) is 5.26 Å². The van der Waals surface area contributed by atoms with Gasteiger partial charge in [0.05, 0.1) is 24.3 Å². The monoisotopic (exact) mass is 218 g/mol. The Morgan fingerprint density at radius 1 is 1.44 bits per heavy atom. The Labute approximate surface area is 96.7 Å². The van der Waals surface area contributed by atoms with Crippen molar-refractivity contribution in [3.8, 4) is 6.07 Å². The van der Waals surface area contributed by atoms with Gasteiger partial charge in [-0.15, -0.1) is 0 Å². The van der Waals surface area contributed by atoms with Gasteiger partial charge in [0.1, 0.15) is 0 Å². The fraction of sp³-hybridized carbons (Fsp3) is 0.462. The molecule has 3 nitrogen and oxygen atoms in total. The molecule has 0 fully saturated rings. The van der Waals surface area contributed by atoms with Crippen molar-refractivity contribution in [1.82, 2.24) is 0 Å². The lowest BCUT2D eigenvalue weighted by molar-refractivity contribution is 0.249. The first kappa shape index (κ1) is 12.5. The van der Waals surface area contributed by atoms with Crippen LogP contribution in [0.15, 0.2) is 18.2 Å². The van der Waals surface area contributed by atoms with Crippen LogP contribution in [0.25, 0.3) is 0 Å². The molecule has 0 spiro atoms. The highest BCUT2D eigenvalue weighted by atomic mass is 16.3. The number of aliphatic hydroxyl groups excluding tert-OH is 1. The summed E-state index contributed by atoms with van der Waals surface area (Å²) in [6.45, 7) is 6.14. The number of nitrogens with zero attached hydrogens (tertiary/aromatic N) is 1. The minimum absolute atomic E-state index is 0.0485. The first-order chi connectivity index (χ1) is 7.58. The van der Waals surface area contributed by atoms with Gasteiger partial charge in [0.25, 0.3) is 0 Å². The Morgan fingerprint density at radius 2 is 2.12 bits per heavy atom. The molecular weight excluding hydrogens is 200 g/mol. The maximum atomic E-state index is 9.21. The summed E-state index contributed by atoms with van der Waals surface area (Å²) in [6.07, 6.45) is 0. The average molecular weight is 218 g/mol.